The smallest absolute Gasteiger partial charge is 0.430 e. The quantitative estimate of drug-likeness (QED) is 0.628. The molecule has 1 aromatic rings. The lowest BCUT2D eigenvalue weighted by molar-refractivity contribution is 0.118. The van der Waals surface area contributed by atoms with E-state index >= 15 is 0 Å². The van der Waals surface area contributed by atoms with Gasteiger partial charge in [0.15, 0.2) is 15.9 Å². The molecule has 0 bridgehead atoms. The lowest BCUT2D eigenvalue weighted by Crippen LogP contribution is -2.37. The van der Waals surface area contributed by atoms with E-state index in [9.17, 15) is 13.2 Å². The van der Waals surface area contributed by atoms with Crippen LogP contribution in [0.2, 0.25) is 0 Å². The first-order chi connectivity index (χ1) is 8.95. The number of alkyl halides is 1. The van der Waals surface area contributed by atoms with Crippen LogP contribution in [0, 0.1) is 6.92 Å². The summed E-state index contributed by atoms with van der Waals surface area (Å²) in [5.41, 5.74) is 0.956. The molecule has 1 aromatic carbocycles. The molecule has 0 aromatic heterocycles. The topological polar surface area (TPSA) is 69.7 Å². The Morgan fingerprint density at radius 3 is 2.47 bits per heavy atom. The van der Waals surface area contributed by atoms with Crippen molar-refractivity contribution in [1.29, 1.82) is 0 Å². The third-order valence-electron chi connectivity index (χ3n) is 2.93. The van der Waals surface area contributed by atoms with Crippen LogP contribution in [0.1, 0.15) is 5.56 Å². The number of hydrogen-bond donors (Lipinski definition) is 0. The van der Waals surface area contributed by atoms with Crippen molar-refractivity contribution in [3.8, 4) is 0 Å². The molecule has 1 aliphatic rings. The van der Waals surface area contributed by atoms with Crippen molar-refractivity contribution in [2.45, 2.75) is 23.2 Å². The summed E-state index contributed by atoms with van der Waals surface area (Å²) in [6, 6.07) is 6.44. The average molecular weight is 305 g/mol. The molecule has 2 unspecified atom stereocenters. The molecule has 1 heterocycles. The zero-order chi connectivity index (χ0) is 14.0. The zero-order valence-electron chi connectivity index (χ0n) is 10.2. The first-order valence-electron chi connectivity index (χ1n) is 5.65. The Morgan fingerprint density at radius 2 is 2.00 bits per heavy atom. The number of rotatable bonds is 4. The van der Waals surface area contributed by atoms with Crippen LogP contribution >= 0.6 is 11.6 Å². The van der Waals surface area contributed by atoms with Gasteiger partial charge in [0.2, 0.25) is 0 Å². The number of carbonyl (C=O) groups is 1. The van der Waals surface area contributed by atoms with E-state index in [2.05, 4.69) is 4.74 Å². The van der Waals surface area contributed by atoms with Crippen molar-refractivity contribution in [1.82, 2.24) is 0 Å². The maximum Gasteiger partial charge on any atom is 0.508 e. The van der Waals surface area contributed by atoms with Crippen LogP contribution in [-0.4, -0.2) is 38.4 Å². The van der Waals surface area contributed by atoms with Crippen LogP contribution in [-0.2, 0) is 19.3 Å². The molecule has 2 rings (SSSR count). The number of ether oxygens (including phenoxy) is 2. The van der Waals surface area contributed by atoms with Crippen molar-refractivity contribution < 1.29 is 22.7 Å². The van der Waals surface area contributed by atoms with E-state index in [0.717, 1.165) is 5.56 Å². The molecule has 1 fully saturated rings. The van der Waals surface area contributed by atoms with Gasteiger partial charge in [-0.3, -0.25) is 0 Å². The second-order valence-corrected chi connectivity index (χ2v) is 6.74. The van der Waals surface area contributed by atoms with Crippen LogP contribution in [0.15, 0.2) is 29.2 Å². The predicted molar refractivity (Wildman–Crippen MR) is 69.1 cm³/mol. The molecule has 19 heavy (non-hydrogen) atoms. The normalized spacial score (nSPS) is 20.7. The van der Waals surface area contributed by atoms with Gasteiger partial charge in [-0.1, -0.05) is 17.7 Å². The summed E-state index contributed by atoms with van der Waals surface area (Å²) in [6.07, 6.45) is -1.73. The van der Waals surface area contributed by atoms with Crippen LogP contribution in [0.4, 0.5) is 4.79 Å². The Kier molecular flexibility index (Phi) is 4.01. The Balaban J connectivity index is 2.30. The van der Waals surface area contributed by atoms with Gasteiger partial charge < -0.3 is 9.47 Å². The van der Waals surface area contributed by atoms with Gasteiger partial charge in [-0.2, -0.15) is 0 Å². The number of sulfone groups is 1. The average Bonchev–Trinajstić information content (AvgIpc) is 2.77. The minimum absolute atomic E-state index is 0.0959. The van der Waals surface area contributed by atoms with Crippen LogP contribution in [0.5, 0.6) is 0 Å². The Bertz CT molecular complexity index is 566. The highest BCUT2D eigenvalue weighted by Crippen LogP contribution is 2.24. The molecule has 0 spiro atoms. The molecule has 2 atom stereocenters. The predicted octanol–water partition coefficient (Wildman–Crippen LogP) is 1.91. The fourth-order valence-electron chi connectivity index (χ4n) is 1.81. The minimum Gasteiger partial charge on any atom is -0.430 e. The molecule has 0 amide bonds. The molecule has 5 nitrogen and oxygen atoms in total. The maximum absolute atomic E-state index is 12.4. The number of halogens is 1. The Labute approximate surface area is 116 Å². The molecular formula is C12H13ClO5S. The van der Waals surface area contributed by atoms with Gasteiger partial charge in [0, 0.05) is 5.88 Å². The monoisotopic (exact) mass is 304 g/mol. The van der Waals surface area contributed by atoms with Crippen molar-refractivity contribution in [3.05, 3.63) is 29.8 Å². The number of aryl methyl sites for hydroxylation is 1. The third kappa shape index (κ3) is 2.84. The molecule has 0 saturated carbocycles. The van der Waals surface area contributed by atoms with E-state index < -0.39 is 27.3 Å². The Morgan fingerprint density at radius 1 is 1.37 bits per heavy atom. The standard InChI is InChI=1S/C12H13ClO5S/c1-8-2-4-9(5-3-8)19(15,16)11(6-13)10-7-17-12(14)18-10/h2-5,10-11H,6-7H2,1H3. The lowest BCUT2D eigenvalue weighted by atomic mass is 10.2. The van der Waals surface area contributed by atoms with Gasteiger partial charge in [-0.05, 0) is 19.1 Å². The molecule has 7 heteroatoms. The third-order valence-corrected chi connectivity index (χ3v) is 5.64. The highest BCUT2D eigenvalue weighted by Gasteiger charge is 2.41. The van der Waals surface area contributed by atoms with Crippen LogP contribution in [0.3, 0.4) is 0 Å². The van der Waals surface area contributed by atoms with Gasteiger partial charge in [-0.25, -0.2) is 13.2 Å². The fourth-order valence-corrected chi connectivity index (χ4v) is 4.07. The molecular weight excluding hydrogens is 292 g/mol. The zero-order valence-corrected chi connectivity index (χ0v) is 11.8. The van der Waals surface area contributed by atoms with Crippen molar-refractivity contribution in [2.24, 2.45) is 0 Å². The maximum atomic E-state index is 12.4. The van der Waals surface area contributed by atoms with Gasteiger partial charge in [0.25, 0.3) is 0 Å². The highest BCUT2D eigenvalue weighted by molar-refractivity contribution is 7.92. The molecule has 0 aliphatic carbocycles. The van der Waals surface area contributed by atoms with Gasteiger partial charge >= 0.3 is 6.16 Å². The van der Waals surface area contributed by atoms with E-state index in [4.69, 9.17) is 16.3 Å². The minimum atomic E-state index is -3.66. The summed E-state index contributed by atoms with van der Waals surface area (Å²) >= 11 is 5.73. The largest absolute Gasteiger partial charge is 0.508 e. The highest BCUT2D eigenvalue weighted by atomic mass is 35.5. The van der Waals surface area contributed by atoms with Crippen molar-refractivity contribution in [3.63, 3.8) is 0 Å². The van der Waals surface area contributed by atoms with Crippen molar-refractivity contribution >= 4 is 27.6 Å². The summed E-state index contributed by atoms with van der Waals surface area (Å²) in [4.78, 5) is 11.1. The number of cyclic esters (lactones) is 2. The summed E-state index contributed by atoms with van der Waals surface area (Å²) < 4.78 is 34.3. The molecule has 1 saturated heterocycles. The molecule has 104 valence electrons. The van der Waals surface area contributed by atoms with Crippen molar-refractivity contribution in [2.75, 3.05) is 12.5 Å². The van der Waals surface area contributed by atoms with E-state index in [0.29, 0.717) is 0 Å². The second kappa shape index (κ2) is 5.38. The fraction of sp³-hybridized carbons (Fsp3) is 0.417. The summed E-state index contributed by atoms with van der Waals surface area (Å²) in [5, 5.41) is -1.01. The van der Waals surface area contributed by atoms with E-state index in [-0.39, 0.29) is 17.4 Å². The molecule has 0 N–H and O–H groups in total. The first-order valence-corrected chi connectivity index (χ1v) is 7.73. The van der Waals surface area contributed by atoms with Gasteiger partial charge in [0.1, 0.15) is 11.9 Å². The van der Waals surface area contributed by atoms with E-state index in [1.165, 1.54) is 12.1 Å². The SMILES string of the molecule is Cc1ccc(S(=O)(=O)C(CCl)C2COC(=O)O2)cc1. The van der Waals surface area contributed by atoms with E-state index in [1.54, 1.807) is 12.1 Å². The number of benzene rings is 1. The first kappa shape index (κ1) is 14.1. The summed E-state index contributed by atoms with van der Waals surface area (Å²) in [6.45, 7) is 1.77. The number of hydrogen-bond acceptors (Lipinski definition) is 5. The lowest BCUT2D eigenvalue weighted by Gasteiger charge is -2.18. The molecule has 1 aliphatic heterocycles. The van der Waals surface area contributed by atoms with Gasteiger partial charge in [-0.15, -0.1) is 11.6 Å². The van der Waals surface area contributed by atoms with E-state index in [1.807, 2.05) is 6.92 Å². The van der Waals surface area contributed by atoms with Gasteiger partial charge in [0.05, 0.1) is 4.90 Å². The second-order valence-electron chi connectivity index (χ2n) is 4.27. The Hall–Kier alpha value is -1.27. The number of carbonyl (C=O) groups excluding carboxylic acids is 1. The summed E-state index contributed by atoms with van der Waals surface area (Å²) in [7, 11) is -3.66. The summed E-state index contributed by atoms with van der Waals surface area (Å²) in [5.74, 6) is -0.169. The van der Waals surface area contributed by atoms with Crippen LogP contribution < -0.4 is 0 Å². The van der Waals surface area contributed by atoms with Crippen LogP contribution in [0.25, 0.3) is 0 Å². The molecule has 0 radical (unpaired) electrons.